The number of aryl methyl sites for hydroxylation is 1. The van der Waals surface area contributed by atoms with Crippen LogP contribution in [0.4, 0.5) is 4.39 Å². The second kappa shape index (κ2) is 4.07. The number of benzene rings is 1. The molecule has 0 aliphatic rings. The van der Waals surface area contributed by atoms with Crippen LogP contribution in [-0.2, 0) is 5.54 Å². The van der Waals surface area contributed by atoms with Crippen LogP contribution in [0.5, 0.6) is 0 Å². The van der Waals surface area contributed by atoms with E-state index in [-0.39, 0.29) is 12.4 Å². The first kappa shape index (κ1) is 11.1. The van der Waals surface area contributed by atoms with Gasteiger partial charge in [0.25, 0.3) is 0 Å². The first-order chi connectivity index (χ1) is 6.45. The number of hydrogen-bond acceptors (Lipinski definition) is 2. The molecule has 0 fully saturated rings. The van der Waals surface area contributed by atoms with E-state index in [1.165, 1.54) is 12.1 Å². The van der Waals surface area contributed by atoms with Crippen LogP contribution in [0.1, 0.15) is 24.5 Å². The van der Waals surface area contributed by atoms with Crippen molar-refractivity contribution in [3.05, 3.63) is 35.1 Å². The minimum Gasteiger partial charge on any atom is -0.396 e. The first-order valence-electron chi connectivity index (χ1n) is 4.63. The lowest BCUT2D eigenvalue weighted by molar-refractivity contribution is 0.247. The van der Waals surface area contributed by atoms with Gasteiger partial charge in [-0.1, -0.05) is 6.07 Å². The molecular weight excluding hydrogens is 181 g/mol. The van der Waals surface area contributed by atoms with Crippen LogP contribution < -0.4 is 5.73 Å². The van der Waals surface area contributed by atoms with E-state index in [4.69, 9.17) is 10.8 Å². The normalized spacial score (nSPS) is 15.2. The number of hydrogen-bond donors (Lipinski definition) is 2. The third kappa shape index (κ3) is 2.53. The van der Waals surface area contributed by atoms with Gasteiger partial charge in [0.15, 0.2) is 0 Å². The monoisotopic (exact) mass is 197 g/mol. The number of aliphatic hydroxyl groups is 1. The molecule has 0 aliphatic carbocycles. The maximum Gasteiger partial charge on any atom is 0.123 e. The van der Waals surface area contributed by atoms with Crippen molar-refractivity contribution >= 4 is 0 Å². The van der Waals surface area contributed by atoms with Crippen molar-refractivity contribution in [2.24, 2.45) is 5.73 Å². The van der Waals surface area contributed by atoms with Crippen LogP contribution >= 0.6 is 0 Å². The molecule has 0 bridgehead atoms. The van der Waals surface area contributed by atoms with Crippen LogP contribution in [0.2, 0.25) is 0 Å². The largest absolute Gasteiger partial charge is 0.396 e. The van der Waals surface area contributed by atoms with Crippen molar-refractivity contribution in [3.63, 3.8) is 0 Å². The van der Waals surface area contributed by atoms with Crippen LogP contribution in [0.3, 0.4) is 0 Å². The van der Waals surface area contributed by atoms with Gasteiger partial charge < -0.3 is 10.8 Å². The van der Waals surface area contributed by atoms with E-state index in [0.29, 0.717) is 6.42 Å². The van der Waals surface area contributed by atoms with Crippen molar-refractivity contribution < 1.29 is 9.50 Å². The molecule has 78 valence electrons. The molecule has 1 atom stereocenters. The van der Waals surface area contributed by atoms with Crippen molar-refractivity contribution in [2.75, 3.05) is 6.61 Å². The lowest BCUT2D eigenvalue weighted by Gasteiger charge is -2.24. The summed E-state index contributed by atoms with van der Waals surface area (Å²) in [5.41, 5.74) is 6.86. The number of halogens is 1. The third-order valence-corrected chi connectivity index (χ3v) is 2.33. The van der Waals surface area contributed by atoms with Gasteiger partial charge >= 0.3 is 0 Å². The Labute approximate surface area is 83.6 Å². The molecule has 14 heavy (non-hydrogen) atoms. The van der Waals surface area contributed by atoms with Gasteiger partial charge in [0.05, 0.1) is 0 Å². The Morgan fingerprint density at radius 1 is 1.43 bits per heavy atom. The highest BCUT2D eigenvalue weighted by atomic mass is 19.1. The fourth-order valence-corrected chi connectivity index (χ4v) is 1.44. The molecular formula is C11H16FNO. The summed E-state index contributed by atoms with van der Waals surface area (Å²) in [4.78, 5) is 0. The number of aliphatic hydroxyl groups excluding tert-OH is 1. The van der Waals surface area contributed by atoms with Crippen LogP contribution in [0.15, 0.2) is 18.2 Å². The second-order valence-electron chi connectivity index (χ2n) is 3.91. The molecule has 0 amide bonds. The summed E-state index contributed by atoms with van der Waals surface area (Å²) in [5.74, 6) is -0.283. The number of nitrogens with two attached hydrogens (primary N) is 1. The van der Waals surface area contributed by atoms with E-state index in [1.54, 1.807) is 6.92 Å². The van der Waals surface area contributed by atoms with Gasteiger partial charge in [-0.25, -0.2) is 4.39 Å². The van der Waals surface area contributed by atoms with Gasteiger partial charge in [-0.3, -0.25) is 0 Å². The summed E-state index contributed by atoms with van der Waals surface area (Å²) >= 11 is 0. The van der Waals surface area contributed by atoms with Gasteiger partial charge in [-0.15, -0.1) is 0 Å². The summed E-state index contributed by atoms with van der Waals surface area (Å²) in [6, 6.07) is 4.72. The second-order valence-corrected chi connectivity index (χ2v) is 3.91. The molecule has 0 radical (unpaired) electrons. The summed E-state index contributed by atoms with van der Waals surface area (Å²) in [5, 5.41) is 8.83. The first-order valence-corrected chi connectivity index (χ1v) is 4.63. The molecule has 1 aromatic carbocycles. The van der Waals surface area contributed by atoms with Crippen LogP contribution in [0.25, 0.3) is 0 Å². The Kier molecular flexibility index (Phi) is 3.24. The molecule has 3 N–H and O–H groups in total. The molecule has 1 aromatic rings. The Morgan fingerprint density at radius 3 is 2.57 bits per heavy atom. The molecule has 0 heterocycles. The molecule has 3 heteroatoms. The third-order valence-electron chi connectivity index (χ3n) is 2.33. The predicted molar refractivity (Wildman–Crippen MR) is 54.4 cm³/mol. The summed E-state index contributed by atoms with van der Waals surface area (Å²) in [6.07, 6.45) is 0.426. The Hall–Kier alpha value is -0.930. The molecule has 0 saturated carbocycles. The van der Waals surface area contributed by atoms with E-state index in [1.807, 2.05) is 13.0 Å². The van der Waals surface area contributed by atoms with Crippen LogP contribution in [0, 0.1) is 12.7 Å². The topological polar surface area (TPSA) is 46.2 Å². The molecule has 2 nitrogen and oxygen atoms in total. The van der Waals surface area contributed by atoms with Gasteiger partial charge in [-0.05, 0) is 43.5 Å². The maximum atomic E-state index is 13.1. The average Bonchev–Trinajstić information content (AvgIpc) is 2.02. The summed E-state index contributed by atoms with van der Waals surface area (Å²) in [6.45, 7) is 3.61. The molecule has 0 spiro atoms. The zero-order chi connectivity index (χ0) is 10.8. The molecule has 0 unspecified atom stereocenters. The minimum atomic E-state index is -0.665. The lowest BCUT2D eigenvalue weighted by Crippen LogP contribution is -2.34. The van der Waals surface area contributed by atoms with Gasteiger partial charge in [0.1, 0.15) is 5.82 Å². The van der Waals surface area contributed by atoms with E-state index >= 15 is 0 Å². The van der Waals surface area contributed by atoms with Gasteiger partial charge in [0, 0.05) is 12.1 Å². The van der Waals surface area contributed by atoms with E-state index < -0.39 is 5.54 Å². The highest BCUT2D eigenvalue weighted by Gasteiger charge is 2.21. The molecule has 0 aliphatic heterocycles. The standard InChI is InChI=1S/C11H16FNO/c1-8-5-9(7-10(12)6-8)11(2,13)3-4-14/h5-7,14H,3-4,13H2,1-2H3/t11-/m0/s1. The lowest BCUT2D eigenvalue weighted by atomic mass is 9.89. The maximum absolute atomic E-state index is 13.1. The smallest absolute Gasteiger partial charge is 0.123 e. The SMILES string of the molecule is Cc1cc(F)cc([C@@](C)(N)CCO)c1. The van der Waals surface area contributed by atoms with E-state index in [2.05, 4.69) is 0 Å². The van der Waals surface area contributed by atoms with Crippen molar-refractivity contribution in [1.82, 2.24) is 0 Å². The molecule has 1 rings (SSSR count). The Bertz CT molecular complexity index is 303. The minimum absolute atomic E-state index is 0.00254. The predicted octanol–water partition coefficient (Wildman–Crippen LogP) is 1.69. The van der Waals surface area contributed by atoms with Gasteiger partial charge in [-0.2, -0.15) is 0 Å². The van der Waals surface area contributed by atoms with Crippen molar-refractivity contribution in [3.8, 4) is 0 Å². The van der Waals surface area contributed by atoms with Crippen LogP contribution in [-0.4, -0.2) is 11.7 Å². The fourth-order valence-electron chi connectivity index (χ4n) is 1.44. The van der Waals surface area contributed by atoms with E-state index in [0.717, 1.165) is 11.1 Å². The summed E-state index contributed by atoms with van der Waals surface area (Å²) in [7, 11) is 0. The zero-order valence-electron chi connectivity index (χ0n) is 8.55. The van der Waals surface area contributed by atoms with Crippen molar-refractivity contribution in [2.45, 2.75) is 25.8 Å². The zero-order valence-corrected chi connectivity index (χ0v) is 8.55. The molecule has 0 aromatic heterocycles. The highest BCUT2D eigenvalue weighted by molar-refractivity contribution is 5.29. The number of rotatable bonds is 3. The Morgan fingerprint density at radius 2 is 2.07 bits per heavy atom. The van der Waals surface area contributed by atoms with Gasteiger partial charge in [0.2, 0.25) is 0 Å². The molecule has 0 saturated heterocycles. The van der Waals surface area contributed by atoms with Crippen molar-refractivity contribution in [1.29, 1.82) is 0 Å². The highest BCUT2D eigenvalue weighted by Crippen LogP contribution is 2.23. The summed E-state index contributed by atoms with van der Waals surface area (Å²) < 4.78 is 13.1. The fraction of sp³-hybridized carbons (Fsp3) is 0.455. The quantitative estimate of drug-likeness (QED) is 0.774. The van der Waals surface area contributed by atoms with E-state index in [9.17, 15) is 4.39 Å². The average molecular weight is 197 g/mol. The Balaban J connectivity index is 3.05.